The first-order valence-corrected chi connectivity index (χ1v) is 13.6. The van der Waals surface area contributed by atoms with Gasteiger partial charge in [0.15, 0.2) is 23.3 Å². The van der Waals surface area contributed by atoms with Crippen LogP contribution >= 0.6 is 0 Å². The topological polar surface area (TPSA) is 9.23 Å². The smallest absolute Gasteiger partial charge is 0.166 e. The summed E-state index contributed by atoms with van der Waals surface area (Å²) in [5.41, 5.74) is 1.70. The molecular formula is C32H36F4O. The van der Waals surface area contributed by atoms with Crippen LogP contribution in [0, 0.1) is 29.2 Å². The van der Waals surface area contributed by atoms with E-state index in [1.807, 2.05) is 6.92 Å². The van der Waals surface area contributed by atoms with E-state index in [-0.39, 0.29) is 23.7 Å². The van der Waals surface area contributed by atoms with Crippen LogP contribution in [0.4, 0.5) is 17.6 Å². The van der Waals surface area contributed by atoms with E-state index in [1.54, 1.807) is 48.5 Å². The van der Waals surface area contributed by atoms with Crippen molar-refractivity contribution in [1.82, 2.24) is 0 Å². The molecule has 0 spiro atoms. The van der Waals surface area contributed by atoms with Gasteiger partial charge in [0.1, 0.15) is 12.4 Å². The van der Waals surface area contributed by atoms with Crippen LogP contribution in [0.3, 0.4) is 0 Å². The highest BCUT2D eigenvalue weighted by Crippen LogP contribution is 2.39. The lowest BCUT2D eigenvalue weighted by atomic mass is 9.77. The highest BCUT2D eigenvalue weighted by Gasteiger charge is 2.26. The van der Waals surface area contributed by atoms with Gasteiger partial charge < -0.3 is 4.74 Å². The normalized spacial score (nSPS) is 17.7. The van der Waals surface area contributed by atoms with Crippen molar-refractivity contribution in [2.45, 2.75) is 84.2 Å². The number of hydrogen-bond acceptors (Lipinski definition) is 1. The summed E-state index contributed by atoms with van der Waals surface area (Å²) in [6.07, 6.45) is 8.52. The average molecular weight is 513 g/mol. The summed E-state index contributed by atoms with van der Waals surface area (Å²) in [5, 5.41) is 0. The Balaban J connectivity index is 1.40. The molecule has 3 aromatic rings. The largest absolute Gasteiger partial charge is 0.489 e. The van der Waals surface area contributed by atoms with E-state index in [4.69, 9.17) is 4.74 Å². The molecule has 198 valence electrons. The van der Waals surface area contributed by atoms with Crippen molar-refractivity contribution in [3.63, 3.8) is 0 Å². The second kappa shape index (κ2) is 12.6. The van der Waals surface area contributed by atoms with Crippen LogP contribution in [0.5, 0.6) is 5.75 Å². The predicted octanol–water partition coefficient (Wildman–Crippen LogP) is 9.91. The molecule has 0 radical (unpaired) electrons. The Morgan fingerprint density at radius 3 is 2.05 bits per heavy atom. The van der Waals surface area contributed by atoms with E-state index in [0.29, 0.717) is 34.8 Å². The molecular weight excluding hydrogens is 476 g/mol. The van der Waals surface area contributed by atoms with Gasteiger partial charge in [-0.25, -0.2) is 17.6 Å². The first kappa shape index (κ1) is 27.2. The number of hydrogen-bond donors (Lipinski definition) is 0. The van der Waals surface area contributed by atoms with E-state index in [0.717, 1.165) is 44.9 Å². The Hall–Kier alpha value is -2.82. The van der Waals surface area contributed by atoms with Gasteiger partial charge in [0.2, 0.25) is 0 Å². The predicted molar refractivity (Wildman–Crippen MR) is 141 cm³/mol. The lowest BCUT2D eigenvalue weighted by molar-refractivity contribution is 0.292. The van der Waals surface area contributed by atoms with Crippen LogP contribution in [-0.2, 0) is 13.0 Å². The van der Waals surface area contributed by atoms with Crippen LogP contribution in [0.2, 0.25) is 0 Å². The molecule has 0 bridgehead atoms. The number of rotatable bonds is 10. The van der Waals surface area contributed by atoms with Crippen molar-refractivity contribution in [3.8, 4) is 16.9 Å². The number of benzene rings is 3. The summed E-state index contributed by atoms with van der Waals surface area (Å²) in [4.78, 5) is 0. The number of ether oxygens (including phenoxy) is 1. The molecule has 0 heterocycles. The Labute approximate surface area is 217 Å². The molecule has 0 saturated heterocycles. The Bertz CT molecular complexity index is 1180. The third-order valence-corrected chi connectivity index (χ3v) is 7.70. The highest BCUT2D eigenvalue weighted by molar-refractivity contribution is 5.65. The molecule has 1 aliphatic carbocycles. The summed E-state index contributed by atoms with van der Waals surface area (Å²) in [5.74, 6) is -2.09. The summed E-state index contributed by atoms with van der Waals surface area (Å²) in [6, 6.07) is 13.0. The van der Waals surface area contributed by atoms with Gasteiger partial charge in [0, 0.05) is 11.1 Å². The summed E-state index contributed by atoms with van der Waals surface area (Å²) in [6.45, 7) is 4.07. The second-order valence-corrected chi connectivity index (χ2v) is 10.3. The fourth-order valence-electron chi connectivity index (χ4n) is 5.47. The number of unbranched alkanes of at least 4 members (excludes halogenated alkanes) is 1. The van der Waals surface area contributed by atoms with Crippen LogP contribution < -0.4 is 4.74 Å². The molecule has 0 N–H and O–H groups in total. The van der Waals surface area contributed by atoms with Gasteiger partial charge in [-0.05, 0) is 79.2 Å². The third kappa shape index (κ3) is 6.37. The van der Waals surface area contributed by atoms with E-state index in [2.05, 4.69) is 6.92 Å². The van der Waals surface area contributed by atoms with Gasteiger partial charge in [0.25, 0.3) is 0 Å². The zero-order valence-electron chi connectivity index (χ0n) is 21.8. The fraction of sp³-hybridized carbons (Fsp3) is 0.438. The lowest BCUT2D eigenvalue weighted by Gasteiger charge is -2.29. The highest BCUT2D eigenvalue weighted by atomic mass is 19.2. The number of aryl methyl sites for hydroxylation is 1. The molecule has 1 saturated carbocycles. The van der Waals surface area contributed by atoms with Gasteiger partial charge in [-0.1, -0.05) is 69.5 Å². The van der Waals surface area contributed by atoms with Crippen LogP contribution in [0.25, 0.3) is 11.1 Å². The van der Waals surface area contributed by atoms with E-state index in [1.165, 1.54) is 6.42 Å². The molecule has 5 heteroatoms. The van der Waals surface area contributed by atoms with Crippen molar-refractivity contribution in [3.05, 3.63) is 88.5 Å². The first-order chi connectivity index (χ1) is 17.9. The summed E-state index contributed by atoms with van der Waals surface area (Å²) >= 11 is 0. The van der Waals surface area contributed by atoms with Crippen molar-refractivity contribution in [2.75, 3.05) is 0 Å². The minimum Gasteiger partial charge on any atom is -0.489 e. The molecule has 1 fully saturated rings. The SMILES string of the molecule is CCCCc1ccc(-c2ccc(OCc3ccc(C4CCC(CCC)CC4)c(F)c3F)cc2)c(F)c1F. The van der Waals surface area contributed by atoms with Crippen LogP contribution in [0.15, 0.2) is 48.5 Å². The molecule has 0 aliphatic heterocycles. The van der Waals surface area contributed by atoms with Crippen molar-refractivity contribution in [1.29, 1.82) is 0 Å². The van der Waals surface area contributed by atoms with Gasteiger partial charge in [-0.15, -0.1) is 0 Å². The lowest BCUT2D eigenvalue weighted by Crippen LogP contribution is -2.15. The molecule has 3 aromatic carbocycles. The van der Waals surface area contributed by atoms with Crippen LogP contribution in [-0.4, -0.2) is 0 Å². The maximum Gasteiger partial charge on any atom is 0.166 e. The van der Waals surface area contributed by atoms with Gasteiger partial charge >= 0.3 is 0 Å². The average Bonchev–Trinajstić information content (AvgIpc) is 2.92. The van der Waals surface area contributed by atoms with Crippen molar-refractivity contribution >= 4 is 0 Å². The Morgan fingerprint density at radius 2 is 1.38 bits per heavy atom. The molecule has 4 rings (SSSR count). The molecule has 0 atom stereocenters. The van der Waals surface area contributed by atoms with E-state index < -0.39 is 23.3 Å². The van der Waals surface area contributed by atoms with Crippen molar-refractivity contribution in [2.24, 2.45) is 5.92 Å². The summed E-state index contributed by atoms with van der Waals surface area (Å²) < 4.78 is 64.6. The van der Waals surface area contributed by atoms with Crippen molar-refractivity contribution < 1.29 is 22.3 Å². The molecule has 0 unspecified atom stereocenters. The Kier molecular flexibility index (Phi) is 9.28. The van der Waals surface area contributed by atoms with E-state index in [9.17, 15) is 17.6 Å². The first-order valence-electron chi connectivity index (χ1n) is 13.6. The molecule has 1 aliphatic rings. The number of halogens is 4. The Morgan fingerprint density at radius 1 is 0.703 bits per heavy atom. The van der Waals surface area contributed by atoms with E-state index >= 15 is 0 Å². The third-order valence-electron chi connectivity index (χ3n) is 7.70. The van der Waals surface area contributed by atoms with Gasteiger partial charge in [-0.3, -0.25) is 0 Å². The zero-order valence-corrected chi connectivity index (χ0v) is 21.8. The second-order valence-electron chi connectivity index (χ2n) is 10.3. The molecule has 0 aromatic heterocycles. The maximum atomic E-state index is 14.9. The minimum absolute atomic E-state index is 0.0658. The standard InChI is InChI=1S/C32H36F4O/c1-3-5-7-24-14-18-27(31(35)29(24)33)23-12-16-26(17-13-23)37-20-25-15-19-28(32(36)30(25)34)22-10-8-21(6-4-2)9-11-22/h12-19,21-22H,3-11,20H2,1-2H3. The fourth-order valence-corrected chi connectivity index (χ4v) is 5.47. The monoisotopic (exact) mass is 512 g/mol. The van der Waals surface area contributed by atoms with Gasteiger partial charge in [0.05, 0.1) is 0 Å². The van der Waals surface area contributed by atoms with Gasteiger partial charge in [-0.2, -0.15) is 0 Å². The maximum absolute atomic E-state index is 14.9. The minimum atomic E-state index is -0.862. The van der Waals surface area contributed by atoms with Crippen LogP contribution in [0.1, 0.15) is 87.8 Å². The molecule has 1 nitrogen and oxygen atoms in total. The molecule has 0 amide bonds. The molecule has 37 heavy (non-hydrogen) atoms. The summed E-state index contributed by atoms with van der Waals surface area (Å²) in [7, 11) is 0. The quantitative estimate of drug-likeness (QED) is 0.246. The zero-order chi connectivity index (χ0) is 26.4.